The molecule has 0 heterocycles. The van der Waals surface area contributed by atoms with Crippen LogP contribution in [-0.2, 0) is 4.79 Å². The fraction of sp³-hybridized carbons (Fsp3) is 0.929. The highest BCUT2D eigenvalue weighted by Gasteiger charge is 2.23. The summed E-state index contributed by atoms with van der Waals surface area (Å²) < 4.78 is 0. The van der Waals surface area contributed by atoms with Crippen LogP contribution < -0.4 is 11.1 Å². The van der Waals surface area contributed by atoms with Crippen molar-refractivity contribution < 1.29 is 4.79 Å². The molecule has 0 spiro atoms. The van der Waals surface area contributed by atoms with Crippen molar-refractivity contribution in [1.29, 1.82) is 0 Å². The second-order valence-electron chi connectivity index (χ2n) is 5.58. The van der Waals surface area contributed by atoms with Crippen LogP contribution in [0.15, 0.2) is 0 Å². The van der Waals surface area contributed by atoms with Crippen molar-refractivity contribution in [2.45, 2.75) is 52.4 Å². The third kappa shape index (κ3) is 5.07. The molecule has 0 aromatic carbocycles. The van der Waals surface area contributed by atoms with Gasteiger partial charge in [-0.1, -0.05) is 39.5 Å². The average molecular weight is 240 g/mol. The van der Waals surface area contributed by atoms with Crippen LogP contribution in [0.4, 0.5) is 0 Å². The molecule has 2 unspecified atom stereocenters. The van der Waals surface area contributed by atoms with Gasteiger partial charge in [0, 0.05) is 12.5 Å². The predicted octanol–water partition coefficient (Wildman–Crippen LogP) is 2.30. The molecule has 17 heavy (non-hydrogen) atoms. The minimum Gasteiger partial charge on any atom is -0.356 e. The van der Waals surface area contributed by atoms with Gasteiger partial charge in [0.1, 0.15) is 0 Å². The zero-order valence-corrected chi connectivity index (χ0v) is 11.4. The van der Waals surface area contributed by atoms with Gasteiger partial charge in [-0.15, -0.1) is 0 Å². The molecule has 1 aliphatic carbocycles. The van der Waals surface area contributed by atoms with Crippen molar-refractivity contribution in [3.05, 3.63) is 0 Å². The summed E-state index contributed by atoms with van der Waals surface area (Å²) in [5, 5.41) is 3.04. The van der Waals surface area contributed by atoms with E-state index < -0.39 is 0 Å². The highest BCUT2D eigenvalue weighted by molar-refractivity contribution is 5.78. The molecule has 0 bridgehead atoms. The van der Waals surface area contributed by atoms with Crippen LogP contribution in [0.5, 0.6) is 0 Å². The van der Waals surface area contributed by atoms with Gasteiger partial charge >= 0.3 is 0 Å². The molecule has 3 heteroatoms. The SMILES string of the molecule is CCC(CC1CCCC1)C(=O)NCC(C)CN. The average Bonchev–Trinajstić information content (AvgIpc) is 2.85. The molecule has 100 valence electrons. The van der Waals surface area contributed by atoms with E-state index in [9.17, 15) is 4.79 Å². The number of nitrogens with two attached hydrogens (primary N) is 1. The van der Waals surface area contributed by atoms with Gasteiger partial charge in [-0.2, -0.15) is 0 Å². The Balaban J connectivity index is 2.29. The minimum atomic E-state index is 0.211. The quantitative estimate of drug-likeness (QED) is 0.717. The third-order valence-electron chi connectivity index (χ3n) is 3.98. The molecule has 0 saturated heterocycles. The summed E-state index contributed by atoms with van der Waals surface area (Å²) in [5.74, 6) is 1.61. The van der Waals surface area contributed by atoms with E-state index in [2.05, 4.69) is 19.2 Å². The number of nitrogens with one attached hydrogen (secondary N) is 1. The topological polar surface area (TPSA) is 55.1 Å². The summed E-state index contributed by atoms with van der Waals surface area (Å²) in [6.07, 6.45) is 7.39. The summed E-state index contributed by atoms with van der Waals surface area (Å²) in [4.78, 5) is 12.0. The zero-order chi connectivity index (χ0) is 12.7. The Hall–Kier alpha value is -0.570. The number of hydrogen-bond acceptors (Lipinski definition) is 2. The van der Waals surface area contributed by atoms with Gasteiger partial charge in [-0.05, 0) is 31.2 Å². The second kappa shape index (κ2) is 7.70. The summed E-state index contributed by atoms with van der Waals surface area (Å²) in [6.45, 7) is 5.54. The number of hydrogen-bond donors (Lipinski definition) is 2. The van der Waals surface area contributed by atoms with E-state index in [4.69, 9.17) is 5.73 Å². The lowest BCUT2D eigenvalue weighted by Gasteiger charge is -2.19. The number of amides is 1. The lowest BCUT2D eigenvalue weighted by molar-refractivity contribution is -0.125. The maximum absolute atomic E-state index is 12.0. The monoisotopic (exact) mass is 240 g/mol. The predicted molar refractivity (Wildman–Crippen MR) is 71.6 cm³/mol. The fourth-order valence-electron chi connectivity index (χ4n) is 2.61. The molecule has 1 aliphatic rings. The first-order valence-electron chi connectivity index (χ1n) is 7.15. The fourth-order valence-corrected chi connectivity index (χ4v) is 2.61. The first kappa shape index (κ1) is 14.5. The van der Waals surface area contributed by atoms with Crippen LogP contribution in [0.3, 0.4) is 0 Å². The maximum atomic E-state index is 12.0. The molecular weight excluding hydrogens is 212 g/mol. The smallest absolute Gasteiger partial charge is 0.223 e. The van der Waals surface area contributed by atoms with Crippen LogP contribution in [0.1, 0.15) is 52.4 Å². The molecule has 0 aromatic heterocycles. The van der Waals surface area contributed by atoms with Gasteiger partial charge in [-0.3, -0.25) is 4.79 Å². The molecule has 2 atom stereocenters. The Kier molecular flexibility index (Phi) is 6.56. The first-order chi connectivity index (χ1) is 8.17. The molecule has 3 N–H and O–H groups in total. The standard InChI is InChI=1S/C14H28N2O/c1-3-13(8-12-6-4-5-7-12)14(17)16-10-11(2)9-15/h11-13H,3-10,15H2,1-2H3,(H,16,17). The minimum absolute atomic E-state index is 0.211. The molecule has 0 radical (unpaired) electrons. The van der Waals surface area contributed by atoms with Crippen LogP contribution in [-0.4, -0.2) is 19.0 Å². The second-order valence-corrected chi connectivity index (χ2v) is 5.58. The molecule has 1 rings (SSSR count). The number of carbonyl (C=O) groups is 1. The van der Waals surface area contributed by atoms with E-state index in [1.54, 1.807) is 0 Å². The van der Waals surface area contributed by atoms with Crippen molar-refractivity contribution in [1.82, 2.24) is 5.32 Å². The molecule has 1 saturated carbocycles. The Morgan fingerprint density at radius 3 is 2.59 bits per heavy atom. The molecule has 0 aliphatic heterocycles. The Bertz CT molecular complexity index is 224. The lowest BCUT2D eigenvalue weighted by atomic mass is 9.90. The Morgan fingerprint density at radius 1 is 1.41 bits per heavy atom. The largest absolute Gasteiger partial charge is 0.356 e. The van der Waals surface area contributed by atoms with E-state index >= 15 is 0 Å². The van der Waals surface area contributed by atoms with Crippen molar-refractivity contribution in [2.24, 2.45) is 23.5 Å². The molecule has 1 amide bonds. The first-order valence-corrected chi connectivity index (χ1v) is 7.15. The number of rotatable bonds is 7. The van der Waals surface area contributed by atoms with E-state index in [1.807, 2.05) is 0 Å². The van der Waals surface area contributed by atoms with Gasteiger partial charge < -0.3 is 11.1 Å². The van der Waals surface area contributed by atoms with Crippen LogP contribution in [0.25, 0.3) is 0 Å². The van der Waals surface area contributed by atoms with Crippen molar-refractivity contribution in [2.75, 3.05) is 13.1 Å². The summed E-state index contributed by atoms with van der Waals surface area (Å²) in [7, 11) is 0. The number of carbonyl (C=O) groups excluding carboxylic acids is 1. The van der Waals surface area contributed by atoms with Gasteiger partial charge in [0.2, 0.25) is 5.91 Å². The molecule has 1 fully saturated rings. The normalized spacial score (nSPS) is 20.2. The summed E-state index contributed by atoms with van der Waals surface area (Å²) in [6, 6.07) is 0. The Labute approximate surface area is 106 Å². The van der Waals surface area contributed by atoms with Crippen LogP contribution in [0.2, 0.25) is 0 Å². The van der Waals surface area contributed by atoms with E-state index in [1.165, 1.54) is 25.7 Å². The lowest BCUT2D eigenvalue weighted by Crippen LogP contribution is -2.36. The van der Waals surface area contributed by atoms with Gasteiger partial charge in [0.25, 0.3) is 0 Å². The highest BCUT2D eigenvalue weighted by Crippen LogP contribution is 2.31. The molecular formula is C14H28N2O. The van der Waals surface area contributed by atoms with Crippen LogP contribution >= 0.6 is 0 Å². The van der Waals surface area contributed by atoms with E-state index in [-0.39, 0.29) is 11.8 Å². The summed E-state index contributed by atoms with van der Waals surface area (Å²) >= 11 is 0. The van der Waals surface area contributed by atoms with Crippen molar-refractivity contribution in [3.63, 3.8) is 0 Å². The molecule has 0 aromatic rings. The highest BCUT2D eigenvalue weighted by atomic mass is 16.1. The van der Waals surface area contributed by atoms with E-state index in [0.717, 1.165) is 25.3 Å². The van der Waals surface area contributed by atoms with E-state index in [0.29, 0.717) is 12.5 Å². The summed E-state index contributed by atoms with van der Waals surface area (Å²) in [5.41, 5.74) is 5.55. The van der Waals surface area contributed by atoms with Gasteiger partial charge in [0.05, 0.1) is 0 Å². The zero-order valence-electron chi connectivity index (χ0n) is 11.4. The van der Waals surface area contributed by atoms with Gasteiger partial charge in [0.15, 0.2) is 0 Å². The Morgan fingerprint density at radius 2 is 2.06 bits per heavy atom. The third-order valence-corrected chi connectivity index (χ3v) is 3.98. The van der Waals surface area contributed by atoms with Crippen molar-refractivity contribution >= 4 is 5.91 Å². The molecule has 3 nitrogen and oxygen atoms in total. The van der Waals surface area contributed by atoms with Crippen LogP contribution in [0, 0.1) is 17.8 Å². The van der Waals surface area contributed by atoms with Gasteiger partial charge in [-0.25, -0.2) is 0 Å². The van der Waals surface area contributed by atoms with Crippen molar-refractivity contribution in [3.8, 4) is 0 Å². The maximum Gasteiger partial charge on any atom is 0.223 e.